The highest BCUT2D eigenvalue weighted by atomic mass is 32.1. The van der Waals surface area contributed by atoms with Gasteiger partial charge in [-0.3, -0.25) is 9.59 Å². The molecule has 10 heteroatoms. The fourth-order valence-electron chi connectivity index (χ4n) is 3.79. The molecule has 5 rings (SSSR count). The number of aromatic amines is 1. The number of amides is 1. The van der Waals surface area contributed by atoms with E-state index in [0.717, 1.165) is 12.1 Å². The smallest absolute Gasteiger partial charge is 0.264 e. The van der Waals surface area contributed by atoms with Crippen LogP contribution in [0.5, 0.6) is 0 Å². The van der Waals surface area contributed by atoms with Crippen molar-refractivity contribution in [2.24, 2.45) is 0 Å². The van der Waals surface area contributed by atoms with Gasteiger partial charge in [0.25, 0.3) is 11.5 Å². The summed E-state index contributed by atoms with van der Waals surface area (Å²) in [6.45, 7) is 3.43. The molecule has 5 heterocycles. The van der Waals surface area contributed by atoms with Crippen LogP contribution in [0.1, 0.15) is 33.4 Å². The molecule has 1 N–H and O–H groups in total. The van der Waals surface area contributed by atoms with Crippen LogP contribution in [0.2, 0.25) is 0 Å². The van der Waals surface area contributed by atoms with Gasteiger partial charge in [-0.15, -0.1) is 16.4 Å². The number of nitrogens with zero attached hydrogens (tertiary/aromatic N) is 5. The first-order valence-corrected chi connectivity index (χ1v) is 9.22. The van der Waals surface area contributed by atoms with Crippen molar-refractivity contribution < 1.29 is 9.53 Å². The van der Waals surface area contributed by atoms with Gasteiger partial charge in [-0.25, -0.2) is 9.67 Å². The topological polar surface area (TPSA) is 106 Å². The van der Waals surface area contributed by atoms with Crippen LogP contribution in [-0.4, -0.2) is 55.0 Å². The summed E-state index contributed by atoms with van der Waals surface area (Å²) in [6, 6.07) is -0.0323. The van der Waals surface area contributed by atoms with Gasteiger partial charge in [0.1, 0.15) is 4.83 Å². The van der Waals surface area contributed by atoms with Crippen molar-refractivity contribution in [2.75, 3.05) is 13.1 Å². The van der Waals surface area contributed by atoms with E-state index in [-0.39, 0.29) is 23.6 Å². The third kappa shape index (κ3) is 2.22. The third-order valence-electron chi connectivity index (χ3n) is 5.14. The number of likely N-dealkylation sites (tertiary alicyclic amines) is 1. The van der Waals surface area contributed by atoms with Crippen LogP contribution in [0.15, 0.2) is 17.3 Å². The lowest BCUT2D eigenvalue weighted by Gasteiger charge is -2.40. The van der Waals surface area contributed by atoms with Crippen molar-refractivity contribution in [1.29, 1.82) is 0 Å². The molecule has 134 valence electrons. The molecule has 0 spiro atoms. The normalized spacial score (nSPS) is 22.3. The monoisotopic (exact) mass is 372 g/mol. The maximum atomic E-state index is 13.1. The standard InChI is InChI=1S/C16H16N6O3S/c1-8-12-14(23)17-7-18-15(12)26-13(8)16(24)21-3-2-11-10(5-21)22-9(6-25-11)4-19-20-22/h4,7,10-11H,2-3,5-6H2,1H3,(H,17,18,23)/t10-,11-/m0/s1. The predicted octanol–water partition coefficient (Wildman–Crippen LogP) is 0.871. The highest BCUT2D eigenvalue weighted by Crippen LogP contribution is 2.33. The minimum absolute atomic E-state index is 0.0323. The van der Waals surface area contributed by atoms with E-state index in [2.05, 4.69) is 20.3 Å². The molecule has 2 aliphatic rings. The Hall–Kier alpha value is -2.59. The minimum atomic E-state index is -0.213. The highest BCUT2D eigenvalue weighted by molar-refractivity contribution is 7.20. The Morgan fingerprint density at radius 1 is 1.46 bits per heavy atom. The summed E-state index contributed by atoms with van der Waals surface area (Å²) >= 11 is 1.27. The van der Waals surface area contributed by atoms with Crippen molar-refractivity contribution in [2.45, 2.75) is 32.1 Å². The Labute approximate surface area is 151 Å². The van der Waals surface area contributed by atoms with Gasteiger partial charge >= 0.3 is 0 Å². The molecule has 9 nitrogen and oxygen atoms in total. The van der Waals surface area contributed by atoms with E-state index in [1.807, 2.05) is 9.58 Å². The van der Waals surface area contributed by atoms with Gasteiger partial charge in [0.05, 0.1) is 47.2 Å². The molecule has 0 bridgehead atoms. The summed E-state index contributed by atoms with van der Waals surface area (Å²) in [4.78, 5) is 34.9. The number of thiophene rings is 1. The van der Waals surface area contributed by atoms with Gasteiger partial charge in [0.2, 0.25) is 0 Å². The van der Waals surface area contributed by atoms with Crippen molar-refractivity contribution in [3.8, 4) is 0 Å². The molecule has 1 fully saturated rings. The number of fused-ring (bicyclic) bond motifs is 4. The number of hydrogen-bond acceptors (Lipinski definition) is 7. The zero-order valence-corrected chi connectivity index (χ0v) is 14.8. The number of aryl methyl sites for hydroxylation is 1. The van der Waals surface area contributed by atoms with E-state index in [1.54, 1.807) is 13.1 Å². The fourth-order valence-corrected chi connectivity index (χ4v) is 4.91. The summed E-state index contributed by atoms with van der Waals surface area (Å²) in [7, 11) is 0. The number of rotatable bonds is 1. The largest absolute Gasteiger partial charge is 0.370 e. The van der Waals surface area contributed by atoms with E-state index >= 15 is 0 Å². The van der Waals surface area contributed by atoms with Crippen molar-refractivity contribution in [3.63, 3.8) is 0 Å². The van der Waals surface area contributed by atoms with E-state index in [1.165, 1.54) is 17.7 Å². The number of carbonyl (C=O) groups is 1. The van der Waals surface area contributed by atoms with Crippen LogP contribution >= 0.6 is 11.3 Å². The van der Waals surface area contributed by atoms with Gasteiger partial charge < -0.3 is 14.6 Å². The van der Waals surface area contributed by atoms with Gasteiger partial charge in [-0.1, -0.05) is 5.21 Å². The molecule has 0 radical (unpaired) electrons. The van der Waals surface area contributed by atoms with Gasteiger partial charge in [0, 0.05) is 13.1 Å². The lowest BCUT2D eigenvalue weighted by atomic mass is 10.00. The molecule has 3 aromatic rings. The molecular formula is C16H16N6O3S. The van der Waals surface area contributed by atoms with E-state index < -0.39 is 0 Å². The minimum Gasteiger partial charge on any atom is -0.370 e. The van der Waals surface area contributed by atoms with Crippen LogP contribution in [-0.2, 0) is 11.3 Å². The van der Waals surface area contributed by atoms with E-state index in [0.29, 0.717) is 40.4 Å². The predicted molar refractivity (Wildman–Crippen MR) is 93.1 cm³/mol. The summed E-state index contributed by atoms with van der Waals surface area (Å²) < 4.78 is 7.77. The van der Waals surface area contributed by atoms with Crippen molar-refractivity contribution >= 4 is 27.5 Å². The first-order chi connectivity index (χ1) is 12.6. The number of aromatic nitrogens is 5. The molecule has 0 unspecified atom stereocenters. The Balaban J connectivity index is 1.48. The second-order valence-electron chi connectivity index (χ2n) is 6.59. The maximum absolute atomic E-state index is 13.1. The third-order valence-corrected chi connectivity index (χ3v) is 6.33. The number of hydrogen-bond donors (Lipinski definition) is 1. The molecule has 2 aliphatic heterocycles. The Kier molecular flexibility index (Phi) is 3.44. The summed E-state index contributed by atoms with van der Waals surface area (Å²) in [5.74, 6) is -0.0735. The second-order valence-corrected chi connectivity index (χ2v) is 7.59. The summed E-state index contributed by atoms with van der Waals surface area (Å²) in [5, 5.41) is 8.62. The van der Waals surface area contributed by atoms with Gasteiger partial charge in [-0.05, 0) is 18.9 Å². The Morgan fingerprint density at radius 2 is 2.35 bits per heavy atom. The number of ether oxygens (including phenoxy) is 1. The zero-order chi connectivity index (χ0) is 17.8. The molecule has 1 amide bonds. The average molecular weight is 372 g/mol. The first kappa shape index (κ1) is 15.6. The molecule has 2 atom stereocenters. The summed E-state index contributed by atoms with van der Waals surface area (Å²) in [5.41, 5.74) is 1.40. The number of piperidine rings is 1. The summed E-state index contributed by atoms with van der Waals surface area (Å²) in [6.07, 6.45) is 3.86. The van der Waals surface area contributed by atoms with E-state index in [9.17, 15) is 9.59 Å². The van der Waals surface area contributed by atoms with Crippen molar-refractivity contribution in [3.05, 3.63) is 39.0 Å². The molecule has 0 saturated carbocycles. The first-order valence-electron chi connectivity index (χ1n) is 8.40. The van der Waals surface area contributed by atoms with Crippen LogP contribution < -0.4 is 5.56 Å². The Bertz CT molecular complexity index is 1070. The lowest BCUT2D eigenvalue weighted by molar-refractivity contribution is -0.0604. The lowest BCUT2D eigenvalue weighted by Crippen LogP contribution is -2.49. The van der Waals surface area contributed by atoms with E-state index in [4.69, 9.17) is 4.74 Å². The SMILES string of the molecule is Cc1c(C(=O)N2CC[C@@H]3OCc4cnnn4[C@H]3C2)sc2nc[nH]c(=O)c12. The van der Waals surface area contributed by atoms with Crippen molar-refractivity contribution in [1.82, 2.24) is 29.9 Å². The van der Waals surface area contributed by atoms with Crippen LogP contribution in [0.4, 0.5) is 0 Å². The number of H-pyrrole nitrogens is 1. The van der Waals surface area contributed by atoms with Gasteiger partial charge in [-0.2, -0.15) is 0 Å². The van der Waals surface area contributed by atoms with Gasteiger partial charge in [0.15, 0.2) is 0 Å². The van der Waals surface area contributed by atoms with Crippen LogP contribution in [0.25, 0.3) is 10.2 Å². The quantitative estimate of drug-likeness (QED) is 0.679. The Morgan fingerprint density at radius 3 is 3.19 bits per heavy atom. The average Bonchev–Trinajstić information content (AvgIpc) is 3.26. The molecular weight excluding hydrogens is 356 g/mol. The highest BCUT2D eigenvalue weighted by Gasteiger charge is 2.38. The molecule has 3 aromatic heterocycles. The maximum Gasteiger partial charge on any atom is 0.264 e. The number of nitrogens with one attached hydrogen (secondary N) is 1. The van der Waals surface area contributed by atoms with Crippen LogP contribution in [0.3, 0.4) is 0 Å². The molecule has 0 aliphatic carbocycles. The molecule has 26 heavy (non-hydrogen) atoms. The van der Waals surface area contributed by atoms with Crippen LogP contribution in [0, 0.1) is 6.92 Å². The number of carbonyl (C=O) groups excluding carboxylic acids is 1. The second kappa shape index (κ2) is 5.71. The fraction of sp³-hybridized carbons (Fsp3) is 0.438. The zero-order valence-electron chi connectivity index (χ0n) is 14.0. The molecule has 0 aromatic carbocycles. The molecule has 1 saturated heterocycles.